The van der Waals surface area contributed by atoms with Crippen molar-refractivity contribution < 1.29 is 32.7 Å². The molecular weight excluding hydrogens is 407 g/mol. The van der Waals surface area contributed by atoms with E-state index < -0.39 is 31.1 Å². The van der Waals surface area contributed by atoms with Gasteiger partial charge >= 0.3 is 19.5 Å². The van der Waals surface area contributed by atoms with Gasteiger partial charge in [-0.2, -0.15) is 0 Å². The van der Waals surface area contributed by atoms with Crippen molar-refractivity contribution in [3.8, 4) is 0 Å². The molecule has 1 heterocycles. The number of esters is 2. The van der Waals surface area contributed by atoms with E-state index in [1.54, 1.807) is 45.0 Å². The van der Waals surface area contributed by atoms with Gasteiger partial charge in [-0.05, 0) is 26.3 Å². The Labute approximate surface area is 169 Å². The Kier molecular flexibility index (Phi) is 8.25. The first kappa shape index (κ1) is 22.6. The van der Waals surface area contributed by atoms with Gasteiger partial charge in [0.05, 0.1) is 24.9 Å². The second-order valence-electron chi connectivity index (χ2n) is 5.86. The van der Waals surface area contributed by atoms with Crippen molar-refractivity contribution in [1.82, 2.24) is 0 Å². The fourth-order valence-corrected chi connectivity index (χ4v) is 5.41. The summed E-state index contributed by atoms with van der Waals surface area (Å²) in [5, 5.41) is 0.255. The number of halogens is 1. The van der Waals surface area contributed by atoms with Crippen LogP contribution in [0.25, 0.3) is 5.03 Å². The molecule has 1 aromatic carbocycles. The van der Waals surface area contributed by atoms with E-state index in [0.29, 0.717) is 11.1 Å². The topological polar surface area (TPSA) is 88.1 Å². The average Bonchev–Trinajstić information content (AvgIpc) is 3.04. The molecule has 7 nitrogen and oxygen atoms in total. The number of cyclic esters (lactones) is 1. The Hall–Kier alpha value is -1.66. The fourth-order valence-electron chi connectivity index (χ4n) is 2.99. The lowest BCUT2D eigenvalue weighted by Gasteiger charge is -2.28. The summed E-state index contributed by atoms with van der Waals surface area (Å²) < 4.78 is 34.4. The van der Waals surface area contributed by atoms with Gasteiger partial charge in [-0.25, -0.2) is 0 Å². The van der Waals surface area contributed by atoms with Crippen LogP contribution in [0.15, 0.2) is 35.9 Å². The summed E-state index contributed by atoms with van der Waals surface area (Å²) in [7, 11) is -4.04. The van der Waals surface area contributed by atoms with E-state index in [9.17, 15) is 14.2 Å². The van der Waals surface area contributed by atoms with Crippen LogP contribution in [-0.2, 0) is 32.7 Å². The lowest BCUT2D eigenvalue weighted by Crippen LogP contribution is -2.36. The summed E-state index contributed by atoms with van der Waals surface area (Å²) in [6, 6.07) is 8.93. The van der Waals surface area contributed by atoms with Crippen LogP contribution in [0.3, 0.4) is 0 Å². The van der Waals surface area contributed by atoms with E-state index >= 15 is 0 Å². The highest BCUT2D eigenvalue weighted by Crippen LogP contribution is 2.58. The molecule has 1 aromatic rings. The smallest absolute Gasteiger partial charge is 0.346 e. The van der Waals surface area contributed by atoms with Crippen LogP contribution >= 0.6 is 19.2 Å². The maximum atomic E-state index is 13.4. The van der Waals surface area contributed by atoms with Crippen LogP contribution in [-0.4, -0.2) is 44.0 Å². The molecule has 1 aliphatic rings. The Morgan fingerprint density at radius 3 is 2.32 bits per heavy atom. The summed E-state index contributed by atoms with van der Waals surface area (Å²) in [6.07, 6.45) is 0. The number of ether oxygens (including phenoxy) is 2. The molecule has 2 unspecified atom stereocenters. The number of carbonyl (C=O) groups excluding carboxylic acids is 2. The molecule has 2 rings (SSSR count). The van der Waals surface area contributed by atoms with E-state index in [2.05, 4.69) is 0 Å². The first-order valence-electron chi connectivity index (χ1n) is 9.05. The fraction of sp³-hybridized carbons (Fsp3) is 0.474. The van der Waals surface area contributed by atoms with Crippen LogP contribution in [0.1, 0.15) is 26.3 Å². The summed E-state index contributed by atoms with van der Waals surface area (Å²) in [5.74, 6) is -2.80. The summed E-state index contributed by atoms with van der Waals surface area (Å²) >= 11 is 6.53. The minimum atomic E-state index is -4.04. The standard InChI is InChI=1S/C19H24ClO7P/c1-4-24-19(22)17(28(23,26-5-2)27-6-3)15-14(12-25-18(15)21)16(20)13-10-8-7-9-11-13/h7-11,15,17H,4-6,12H2,1-3H3/b16-14-. The molecule has 0 aromatic heterocycles. The average molecular weight is 431 g/mol. The molecule has 0 saturated carbocycles. The van der Waals surface area contributed by atoms with Gasteiger partial charge in [0.25, 0.3) is 0 Å². The Morgan fingerprint density at radius 1 is 1.18 bits per heavy atom. The molecule has 1 saturated heterocycles. The maximum Gasteiger partial charge on any atom is 0.346 e. The zero-order valence-electron chi connectivity index (χ0n) is 16.1. The lowest BCUT2D eigenvalue weighted by atomic mass is 9.95. The lowest BCUT2D eigenvalue weighted by molar-refractivity contribution is -0.149. The van der Waals surface area contributed by atoms with Crippen molar-refractivity contribution in [3.63, 3.8) is 0 Å². The highest BCUT2D eigenvalue weighted by atomic mass is 35.5. The number of hydrogen-bond acceptors (Lipinski definition) is 7. The molecule has 1 aliphatic heterocycles. The molecule has 0 aliphatic carbocycles. The predicted octanol–water partition coefficient (Wildman–Crippen LogP) is 4.01. The summed E-state index contributed by atoms with van der Waals surface area (Å²) in [5.41, 5.74) is -0.516. The van der Waals surface area contributed by atoms with E-state index in [0.717, 1.165) is 0 Å². The van der Waals surface area contributed by atoms with Gasteiger partial charge in [0.15, 0.2) is 5.66 Å². The van der Waals surface area contributed by atoms with Gasteiger partial charge in [0, 0.05) is 5.57 Å². The molecule has 1 fully saturated rings. The molecule has 0 N–H and O–H groups in total. The minimum Gasteiger partial charge on any atom is -0.465 e. The number of carbonyl (C=O) groups is 2. The van der Waals surface area contributed by atoms with Gasteiger partial charge in [-0.3, -0.25) is 14.2 Å². The molecule has 9 heteroatoms. The van der Waals surface area contributed by atoms with Gasteiger partial charge < -0.3 is 18.5 Å². The Bertz CT molecular complexity index is 768. The third kappa shape index (κ3) is 4.84. The molecule has 0 bridgehead atoms. The summed E-state index contributed by atoms with van der Waals surface area (Å²) in [6.45, 7) is 4.83. The zero-order valence-corrected chi connectivity index (χ0v) is 17.7. The normalized spacial score (nSPS) is 19.9. The predicted molar refractivity (Wildman–Crippen MR) is 105 cm³/mol. The van der Waals surface area contributed by atoms with Crippen molar-refractivity contribution in [2.24, 2.45) is 5.92 Å². The second kappa shape index (κ2) is 10.2. The Balaban J connectivity index is 2.60. The van der Waals surface area contributed by atoms with Crippen LogP contribution in [0.2, 0.25) is 0 Å². The van der Waals surface area contributed by atoms with Crippen molar-refractivity contribution in [1.29, 1.82) is 0 Å². The quantitative estimate of drug-likeness (QED) is 0.432. The summed E-state index contributed by atoms with van der Waals surface area (Å²) in [4.78, 5) is 25.3. The van der Waals surface area contributed by atoms with Gasteiger partial charge in [0.2, 0.25) is 0 Å². The second-order valence-corrected chi connectivity index (χ2v) is 8.39. The SMILES string of the molecule is CCOC(=O)C(C1C(=O)OC/C1=C(/Cl)c1ccccc1)P(=O)(OCC)OCC. The van der Waals surface area contributed by atoms with Crippen LogP contribution in [0.5, 0.6) is 0 Å². The van der Waals surface area contributed by atoms with Gasteiger partial charge in [-0.1, -0.05) is 41.9 Å². The zero-order chi connectivity index (χ0) is 20.7. The van der Waals surface area contributed by atoms with Crippen LogP contribution in [0.4, 0.5) is 0 Å². The Morgan fingerprint density at radius 2 is 1.79 bits per heavy atom. The van der Waals surface area contributed by atoms with Gasteiger partial charge in [-0.15, -0.1) is 0 Å². The molecular formula is C19H24ClO7P. The van der Waals surface area contributed by atoms with Crippen LogP contribution < -0.4 is 0 Å². The third-order valence-electron chi connectivity index (χ3n) is 4.11. The largest absolute Gasteiger partial charge is 0.465 e. The molecule has 154 valence electrons. The van der Waals surface area contributed by atoms with Crippen molar-refractivity contribution in [3.05, 3.63) is 41.5 Å². The molecule has 2 atom stereocenters. The van der Waals surface area contributed by atoms with E-state index in [4.69, 9.17) is 30.1 Å². The third-order valence-corrected chi connectivity index (χ3v) is 7.00. The first-order chi connectivity index (χ1) is 13.4. The van der Waals surface area contributed by atoms with Crippen molar-refractivity contribution >= 4 is 36.2 Å². The monoisotopic (exact) mass is 430 g/mol. The minimum absolute atomic E-state index is 0.0282. The van der Waals surface area contributed by atoms with E-state index in [-0.39, 0.29) is 31.5 Å². The number of hydrogen-bond donors (Lipinski definition) is 0. The maximum absolute atomic E-state index is 13.4. The molecule has 28 heavy (non-hydrogen) atoms. The molecule has 0 amide bonds. The van der Waals surface area contributed by atoms with E-state index in [1.807, 2.05) is 6.07 Å². The number of benzene rings is 1. The van der Waals surface area contributed by atoms with Crippen molar-refractivity contribution in [2.75, 3.05) is 26.4 Å². The molecule has 0 radical (unpaired) electrons. The number of rotatable bonds is 9. The highest BCUT2D eigenvalue weighted by molar-refractivity contribution is 7.55. The first-order valence-corrected chi connectivity index (χ1v) is 11.0. The van der Waals surface area contributed by atoms with E-state index in [1.165, 1.54) is 0 Å². The molecule has 0 spiro atoms. The highest BCUT2D eigenvalue weighted by Gasteiger charge is 2.55. The van der Waals surface area contributed by atoms with Crippen molar-refractivity contribution in [2.45, 2.75) is 26.4 Å². The van der Waals surface area contributed by atoms with Crippen LogP contribution in [0, 0.1) is 5.92 Å². The van der Waals surface area contributed by atoms with Gasteiger partial charge in [0.1, 0.15) is 12.5 Å².